The number of ether oxygens (including phenoxy) is 1. The maximum atomic E-state index is 12.5. The molecule has 0 aliphatic rings. The number of nitrogens with zero attached hydrogens (tertiary/aromatic N) is 2. The van der Waals surface area contributed by atoms with Crippen molar-refractivity contribution >= 4 is 45.1 Å². The second-order valence-corrected chi connectivity index (χ2v) is 7.22. The fourth-order valence-electron chi connectivity index (χ4n) is 2.49. The van der Waals surface area contributed by atoms with Gasteiger partial charge in [-0.05, 0) is 17.7 Å². The lowest BCUT2D eigenvalue weighted by molar-refractivity contribution is -0.145. The van der Waals surface area contributed by atoms with Crippen LogP contribution in [0, 0.1) is 0 Å². The lowest BCUT2D eigenvalue weighted by Crippen LogP contribution is -2.28. The second-order valence-electron chi connectivity index (χ2n) is 5.59. The molecule has 3 rings (SSSR count). The van der Waals surface area contributed by atoms with E-state index in [4.69, 9.17) is 27.9 Å². The summed E-state index contributed by atoms with van der Waals surface area (Å²) in [5.41, 5.74) is 1.14. The molecule has 0 aliphatic heterocycles. The zero-order valence-corrected chi connectivity index (χ0v) is 17.0. The van der Waals surface area contributed by atoms with E-state index in [0.717, 1.165) is 10.0 Å². The zero-order valence-electron chi connectivity index (χ0n) is 13.9. The Labute approximate surface area is 173 Å². The number of rotatable bonds is 5. The Morgan fingerprint density at radius 1 is 1.07 bits per heavy atom. The van der Waals surface area contributed by atoms with Crippen molar-refractivity contribution in [3.8, 4) is 11.3 Å². The highest BCUT2D eigenvalue weighted by atomic mass is 79.9. The number of aromatic nitrogens is 2. The van der Waals surface area contributed by atoms with E-state index in [1.807, 2.05) is 36.4 Å². The molecule has 0 spiro atoms. The van der Waals surface area contributed by atoms with Crippen molar-refractivity contribution in [1.82, 2.24) is 9.55 Å². The molecule has 3 aromatic rings. The normalized spacial score (nSPS) is 10.6. The molecule has 0 amide bonds. The van der Waals surface area contributed by atoms with Crippen LogP contribution in [-0.4, -0.2) is 15.5 Å². The Kier molecular flexibility index (Phi) is 6.31. The average molecular weight is 468 g/mol. The van der Waals surface area contributed by atoms with E-state index < -0.39 is 11.5 Å². The van der Waals surface area contributed by atoms with Gasteiger partial charge in [0.1, 0.15) is 13.2 Å². The third kappa shape index (κ3) is 4.77. The first kappa shape index (κ1) is 19.6. The monoisotopic (exact) mass is 466 g/mol. The molecule has 0 saturated carbocycles. The maximum absolute atomic E-state index is 12.5. The molecule has 0 atom stereocenters. The van der Waals surface area contributed by atoms with Crippen LogP contribution in [-0.2, 0) is 22.7 Å². The third-order valence-corrected chi connectivity index (χ3v) is 4.71. The van der Waals surface area contributed by atoms with Crippen LogP contribution in [0.4, 0.5) is 0 Å². The molecule has 138 valence electrons. The first-order chi connectivity index (χ1) is 13.0. The second kappa shape index (κ2) is 8.69. The van der Waals surface area contributed by atoms with Crippen LogP contribution in [0.15, 0.2) is 63.9 Å². The van der Waals surface area contributed by atoms with E-state index >= 15 is 0 Å². The molecular weight excluding hydrogens is 455 g/mol. The molecule has 0 bridgehead atoms. The van der Waals surface area contributed by atoms with Crippen LogP contribution in [0.2, 0.25) is 10.3 Å². The molecule has 2 aromatic carbocycles. The fraction of sp³-hybridized carbons (Fsp3) is 0.105. The third-order valence-electron chi connectivity index (χ3n) is 3.71. The molecule has 1 heterocycles. The van der Waals surface area contributed by atoms with Gasteiger partial charge in [-0.25, -0.2) is 4.98 Å². The largest absolute Gasteiger partial charge is 0.459 e. The predicted molar refractivity (Wildman–Crippen MR) is 108 cm³/mol. The molecule has 27 heavy (non-hydrogen) atoms. The predicted octanol–water partition coefficient (Wildman–Crippen LogP) is 4.72. The highest BCUT2D eigenvalue weighted by Crippen LogP contribution is 2.28. The molecular formula is C19H13BrCl2N2O3. The summed E-state index contributed by atoms with van der Waals surface area (Å²) in [4.78, 5) is 28.7. The minimum absolute atomic E-state index is 0.0218. The van der Waals surface area contributed by atoms with Gasteiger partial charge in [0.25, 0.3) is 5.56 Å². The molecule has 0 aliphatic carbocycles. The molecule has 1 aromatic heterocycles. The van der Waals surface area contributed by atoms with Crippen molar-refractivity contribution in [2.45, 2.75) is 13.2 Å². The Balaban J connectivity index is 1.92. The minimum atomic E-state index is -0.618. The summed E-state index contributed by atoms with van der Waals surface area (Å²) in [5.74, 6) is -0.587. The van der Waals surface area contributed by atoms with E-state index in [2.05, 4.69) is 20.9 Å². The summed E-state index contributed by atoms with van der Waals surface area (Å²) >= 11 is 15.5. The number of hydrogen-bond donors (Lipinski definition) is 0. The van der Waals surface area contributed by atoms with Crippen molar-refractivity contribution in [2.24, 2.45) is 0 Å². The van der Waals surface area contributed by atoms with E-state index in [1.165, 1.54) is 4.57 Å². The van der Waals surface area contributed by atoms with Gasteiger partial charge in [-0.3, -0.25) is 14.2 Å². The average Bonchev–Trinajstić information content (AvgIpc) is 2.65. The van der Waals surface area contributed by atoms with Crippen molar-refractivity contribution in [2.75, 3.05) is 0 Å². The topological polar surface area (TPSA) is 61.2 Å². The molecule has 8 heteroatoms. The van der Waals surface area contributed by atoms with Crippen LogP contribution in [0.3, 0.4) is 0 Å². The zero-order chi connectivity index (χ0) is 19.4. The number of carbonyl (C=O) groups is 1. The lowest BCUT2D eigenvalue weighted by Gasteiger charge is -2.14. The van der Waals surface area contributed by atoms with Crippen molar-refractivity contribution < 1.29 is 9.53 Å². The first-order valence-electron chi connectivity index (χ1n) is 7.87. The molecule has 0 fully saturated rings. The van der Waals surface area contributed by atoms with E-state index in [1.54, 1.807) is 18.2 Å². The van der Waals surface area contributed by atoms with E-state index in [-0.39, 0.29) is 23.5 Å². The summed E-state index contributed by atoms with van der Waals surface area (Å²) in [6, 6.07) is 16.4. The maximum Gasteiger partial charge on any atom is 0.326 e. The molecule has 0 unspecified atom stereocenters. The highest BCUT2D eigenvalue weighted by Gasteiger charge is 2.19. The van der Waals surface area contributed by atoms with Gasteiger partial charge in [-0.2, -0.15) is 0 Å². The smallest absolute Gasteiger partial charge is 0.326 e. The van der Waals surface area contributed by atoms with E-state index in [0.29, 0.717) is 11.3 Å². The fourth-order valence-corrected chi connectivity index (χ4v) is 3.41. The number of halogens is 3. The Morgan fingerprint density at radius 3 is 2.52 bits per heavy atom. The number of hydrogen-bond acceptors (Lipinski definition) is 4. The van der Waals surface area contributed by atoms with Crippen LogP contribution >= 0.6 is 39.1 Å². The van der Waals surface area contributed by atoms with Crippen molar-refractivity contribution in [3.63, 3.8) is 0 Å². The van der Waals surface area contributed by atoms with Gasteiger partial charge in [0.15, 0.2) is 10.3 Å². The lowest BCUT2D eigenvalue weighted by atomic mass is 10.1. The van der Waals surface area contributed by atoms with Gasteiger partial charge in [0.05, 0.1) is 5.69 Å². The van der Waals surface area contributed by atoms with Crippen LogP contribution in [0.25, 0.3) is 11.3 Å². The number of benzene rings is 2. The molecule has 0 N–H and O–H groups in total. The highest BCUT2D eigenvalue weighted by molar-refractivity contribution is 9.10. The summed E-state index contributed by atoms with van der Waals surface area (Å²) in [6.45, 7) is -0.233. The quantitative estimate of drug-likeness (QED) is 0.509. The SMILES string of the molecule is O=C(Cn1c(-c2cccc(Br)c2)c(Cl)nc(Cl)c1=O)OCc1ccccc1. The summed E-state index contributed by atoms with van der Waals surface area (Å²) in [7, 11) is 0. The number of esters is 1. The standard InChI is InChI=1S/C19H13BrCl2N2O3/c20-14-8-4-7-13(9-14)16-17(21)23-18(22)19(26)24(16)10-15(25)27-11-12-5-2-1-3-6-12/h1-9H,10-11H2. The van der Waals surface area contributed by atoms with Crippen molar-refractivity contribution in [1.29, 1.82) is 0 Å². The van der Waals surface area contributed by atoms with Crippen LogP contribution in [0.1, 0.15) is 5.56 Å². The van der Waals surface area contributed by atoms with Gasteiger partial charge < -0.3 is 4.74 Å². The van der Waals surface area contributed by atoms with Gasteiger partial charge in [-0.1, -0.05) is 81.6 Å². The summed E-state index contributed by atoms with van der Waals surface area (Å²) in [5, 5.41) is -0.289. The Morgan fingerprint density at radius 2 is 1.81 bits per heavy atom. The van der Waals surface area contributed by atoms with Crippen LogP contribution < -0.4 is 5.56 Å². The van der Waals surface area contributed by atoms with Gasteiger partial charge in [0.2, 0.25) is 0 Å². The molecule has 0 saturated heterocycles. The van der Waals surface area contributed by atoms with Gasteiger partial charge >= 0.3 is 5.97 Å². The summed E-state index contributed by atoms with van der Waals surface area (Å²) in [6.07, 6.45) is 0. The summed E-state index contributed by atoms with van der Waals surface area (Å²) < 4.78 is 7.23. The molecule has 5 nitrogen and oxygen atoms in total. The number of carbonyl (C=O) groups excluding carboxylic acids is 1. The van der Waals surface area contributed by atoms with Gasteiger partial charge in [-0.15, -0.1) is 0 Å². The van der Waals surface area contributed by atoms with Crippen LogP contribution in [0.5, 0.6) is 0 Å². The van der Waals surface area contributed by atoms with Gasteiger partial charge in [0, 0.05) is 10.0 Å². The van der Waals surface area contributed by atoms with Crippen molar-refractivity contribution in [3.05, 3.63) is 85.3 Å². The Hall–Kier alpha value is -2.15. The minimum Gasteiger partial charge on any atom is -0.459 e. The Bertz CT molecular complexity index is 1040. The molecule has 0 radical (unpaired) electrons. The van der Waals surface area contributed by atoms with E-state index in [9.17, 15) is 9.59 Å². The first-order valence-corrected chi connectivity index (χ1v) is 9.42.